The van der Waals surface area contributed by atoms with Crippen molar-refractivity contribution in [2.45, 2.75) is 12.6 Å². The number of hydrogen-bond donors (Lipinski definition) is 1. The Labute approximate surface area is 110 Å². The number of ether oxygens (including phenoxy) is 1. The minimum atomic E-state index is -4.39. The van der Waals surface area contributed by atoms with E-state index in [2.05, 4.69) is 26.0 Å². The highest BCUT2D eigenvalue weighted by Crippen LogP contribution is 2.33. The van der Waals surface area contributed by atoms with Crippen molar-refractivity contribution in [2.75, 3.05) is 19.0 Å². The molecule has 100 valence electrons. The van der Waals surface area contributed by atoms with Gasteiger partial charge in [-0.15, -0.1) is 0 Å². The summed E-state index contributed by atoms with van der Waals surface area (Å²) < 4.78 is 42.4. The lowest BCUT2D eigenvalue weighted by Gasteiger charge is -2.12. The molecule has 1 aromatic carbocycles. The highest BCUT2D eigenvalue weighted by atomic mass is 79.9. The third kappa shape index (κ3) is 4.21. The summed E-state index contributed by atoms with van der Waals surface area (Å²) in [6.45, 7) is 0.201. The topological polar surface area (TPSA) is 38.3 Å². The van der Waals surface area contributed by atoms with Gasteiger partial charge in [-0.05, 0) is 34.1 Å². The molecule has 0 radical (unpaired) electrons. The highest BCUT2D eigenvalue weighted by Gasteiger charge is 2.30. The van der Waals surface area contributed by atoms with Gasteiger partial charge >= 0.3 is 12.1 Å². The van der Waals surface area contributed by atoms with Gasteiger partial charge in [0.05, 0.1) is 19.1 Å². The average molecular weight is 326 g/mol. The van der Waals surface area contributed by atoms with Gasteiger partial charge in [-0.3, -0.25) is 4.79 Å². The molecular weight excluding hydrogens is 315 g/mol. The maximum absolute atomic E-state index is 12.5. The Morgan fingerprint density at radius 2 is 2.11 bits per heavy atom. The van der Waals surface area contributed by atoms with Crippen molar-refractivity contribution in [1.29, 1.82) is 0 Å². The number of hydrogen-bond acceptors (Lipinski definition) is 3. The fourth-order valence-electron chi connectivity index (χ4n) is 1.24. The van der Waals surface area contributed by atoms with Crippen molar-refractivity contribution in [3.05, 3.63) is 28.2 Å². The number of esters is 1. The van der Waals surface area contributed by atoms with Crippen LogP contribution in [0.3, 0.4) is 0 Å². The van der Waals surface area contributed by atoms with Gasteiger partial charge in [-0.1, -0.05) is 0 Å². The van der Waals surface area contributed by atoms with Gasteiger partial charge < -0.3 is 10.1 Å². The second-order valence-electron chi connectivity index (χ2n) is 3.45. The van der Waals surface area contributed by atoms with Crippen molar-refractivity contribution in [3.63, 3.8) is 0 Å². The largest absolute Gasteiger partial charge is 0.469 e. The van der Waals surface area contributed by atoms with Crippen LogP contribution in [0.5, 0.6) is 0 Å². The standard InChI is InChI=1S/C11H11BrF3NO2/c1-18-10(17)4-5-16-9-6-7(11(13,14)15)2-3-8(9)12/h2-3,6,16H,4-5H2,1H3. The number of carbonyl (C=O) groups excluding carboxylic acids is 1. The zero-order chi connectivity index (χ0) is 13.8. The molecule has 1 rings (SSSR count). The zero-order valence-electron chi connectivity index (χ0n) is 9.47. The molecule has 7 heteroatoms. The van der Waals surface area contributed by atoms with E-state index in [1.807, 2.05) is 0 Å². The molecule has 1 N–H and O–H groups in total. The van der Waals surface area contributed by atoms with Crippen LogP contribution >= 0.6 is 15.9 Å². The molecule has 0 saturated carbocycles. The fraction of sp³-hybridized carbons (Fsp3) is 0.364. The van der Waals surface area contributed by atoms with Gasteiger partial charge in [0, 0.05) is 16.7 Å². The van der Waals surface area contributed by atoms with E-state index in [0.717, 1.165) is 12.1 Å². The van der Waals surface area contributed by atoms with Crippen molar-refractivity contribution in [2.24, 2.45) is 0 Å². The lowest BCUT2D eigenvalue weighted by Crippen LogP contribution is -2.11. The molecule has 0 atom stereocenters. The van der Waals surface area contributed by atoms with Gasteiger partial charge in [0.1, 0.15) is 0 Å². The number of halogens is 4. The fourth-order valence-corrected chi connectivity index (χ4v) is 1.63. The molecule has 0 saturated heterocycles. The van der Waals surface area contributed by atoms with Crippen LogP contribution in [0.1, 0.15) is 12.0 Å². The van der Waals surface area contributed by atoms with Gasteiger partial charge in [0.25, 0.3) is 0 Å². The SMILES string of the molecule is COC(=O)CCNc1cc(C(F)(F)F)ccc1Br. The Morgan fingerprint density at radius 3 is 2.67 bits per heavy atom. The summed E-state index contributed by atoms with van der Waals surface area (Å²) in [5.41, 5.74) is -0.458. The normalized spacial score (nSPS) is 11.2. The minimum absolute atomic E-state index is 0.0825. The molecule has 0 bridgehead atoms. The van der Waals surface area contributed by atoms with Gasteiger partial charge in [-0.2, -0.15) is 13.2 Å². The van der Waals surface area contributed by atoms with Gasteiger partial charge in [0.2, 0.25) is 0 Å². The van der Waals surface area contributed by atoms with Crippen LogP contribution in [0.15, 0.2) is 22.7 Å². The van der Waals surface area contributed by atoms with Gasteiger partial charge in [-0.25, -0.2) is 0 Å². The summed E-state index contributed by atoms with van der Waals surface area (Å²) in [5.74, 6) is -0.425. The predicted octanol–water partition coefficient (Wildman–Crippen LogP) is 3.44. The Hall–Kier alpha value is -1.24. The molecule has 0 aliphatic carbocycles. The van der Waals surface area contributed by atoms with Crippen LogP contribution in [-0.4, -0.2) is 19.6 Å². The molecule has 0 amide bonds. The molecule has 0 heterocycles. The Kier molecular flexibility index (Phi) is 5.01. The first-order valence-corrected chi connectivity index (χ1v) is 5.81. The Morgan fingerprint density at radius 1 is 1.44 bits per heavy atom. The predicted molar refractivity (Wildman–Crippen MR) is 64.3 cm³/mol. The lowest BCUT2D eigenvalue weighted by molar-refractivity contribution is -0.140. The second kappa shape index (κ2) is 6.08. The van der Waals surface area contributed by atoms with Gasteiger partial charge in [0.15, 0.2) is 0 Å². The highest BCUT2D eigenvalue weighted by molar-refractivity contribution is 9.10. The van der Waals surface area contributed by atoms with Crippen LogP contribution in [0.25, 0.3) is 0 Å². The molecule has 0 spiro atoms. The third-order valence-electron chi connectivity index (χ3n) is 2.17. The van der Waals surface area contributed by atoms with Crippen molar-refractivity contribution < 1.29 is 22.7 Å². The smallest absolute Gasteiger partial charge is 0.416 e. The Balaban J connectivity index is 2.73. The maximum atomic E-state index is 12.5. The molecule has 0 fully saturated rings. The summed E-state index contributed by atoms with van der Waals surface area (Å²) in [6.07, 6.45) is -4.31. The number of carbonyl (C=O) groups is 1. The summed E-state index contributed by atoms with van der Waals surface area (Å²) in [6, 6.07) is 3.28. The summed E-state index contributed by atoms with van der Waals surface area (Å²) in [5, 5.41) is 2.74. The summed E-state index contributed by atoms with van der Waals surface area (Å²) in [4.78, 5) is 10.9. The van der Waals surface area contributed by atoms with E-state index in [1.54, 1.807) is 0 Å². The van der Waals surface area contributed by atoms with E-state index >= 15 is 0 Å². The molecule has 1 aromatic rings. The monoisotopic (exact) mass is 325 g/mol. The van der Waals surface area contributed by atoms with E-state index in [-0.39, 0.29) is 18.7 Å². The van der Waals surface area contributed by atoms with E-state index in [1.165, 1.54) is 13.2 Å². The third-order valence-corrected chi connectivity index (χ3v) is 2.86. The quantitative estimate of drug-likeness (QED) is 0.862. The molecule has 0 aliphatic rings. The van der Waals surface area contributed by atoms with Crippen molar-refractivity contribution in [3.8, 4) is 0 Å². The van der Waals surface area contributed by atoms with E-state index < -0.39 is 17.7 Å². The lowest BCUT2D eigenvalue weighted by atomic mass is 10.2. The van der Waals surface area contributed by atoms with Crippen LogP contribution in [0.2, 0.25) is 0 Å². The molecule has 0 aliphatic heterocycles. The first-order chi connectivity index (χ1) is 8.34. The Bertz CT molecular complexity index is 435. The number of nitrogens with one attached hydrogen (secondary N) is 1. The van der Waals surface area contributed by atoms with Crippen molar-refractivity contribution >= 4 is 27.6 Å². The summed E-state index contributed by atoms with van der Waals surface area (Å²) >= 11 is 3.14. The van der Waals surface area contributed by atoms with Crippen LogP contribution in [0.4, 0.5) is 18.9 Å². The molecule has 0 unspecified atom stereocenters. The van der Waals surface area contributed by atoms with Crippen molar-refractivity contribution in [1.82, 2.24) is 0 Å². The van der Waals surface area contributed by atoms with E-state index in [0.29, 0.717) is 4.47 Å². The zero-order valence-corrected chi connectivity index (χ0v) is 11.1. The van der Waals surface area contributed by atoms with E-state index in [4.69, 9.17) is 0 Å². The number of methoxy groups -OCH3 is 1. The number of benzene rings is 1. The first kappa shape index (κ1) is 14.8. The number of anilines is 1. The molecule has 3 nitrogen and oxygen atoms in total. The first-order valence-electron chi connectivity index (χ1n) is 5.02. The van der Waals surface area contributed by atoms with E-state index in [9.17, 15) is 18.0 Å². The molecule has 0 aromatic heterocycles. The van der Waals surface area contributed by atoms with Crippen LogP contribution in [-0.2, 0) is 15.7 Å². The van der Waals surface area contributed by atoms with Crippen LogP contribution < -0.4 is 5.32 Å². The number of rotatable bonds is 4. The maximum Gasteiger partial charge on any atom is 0.416 e. The molecular formula is C11H11BrF3NO2. The average Bonchev–Trinajstić information content (AvgIpc) is 2.29. The summed E-state index contributed by atoms with van der Waals surface area (Å²) in [7, 11) is 1.25. The molecule has 18 heavy (non-hydrogen) atoms. The number of alkyl halides is 3. The van der Waals surface area contributed by atoms with Crippen LogP contribution in [0, 0.1) is 0 Å². The second-order valence-corrected chi connectivity index (χ2v) is 4.30. The minimum Gasteiger partial charge on any atom is -0.469 e.